The number of benzene rings is 1. The number of rotatable bonds is 4. The number of nitro benzene ring substituents is 1. The summed E-state index contributed by atoms with van der Waals surface area (Å²) in [5.74, 6) is 0.0510. The molecule has 23 heavy (non-hydrogen) atoms. The van der Waals surface area contributed by atoms with Crippen LogP contribution in [0, 0.1) is 16.0 Å². The minimum absolute atomic E-state index is 0.0510. The summed E-state index contributed by atoms with van der Waals surface area (Å²) >= 11 is 17.9. The number of non-ortho nitro benzene ring substituents is 1. The number of urea groups is 1. The first kappa shape index (κ1) is 18.4. The lowest BCUT2D eigenvalue weighted by Gasteiger charge is -2.25. The third-order valence-corrected chi connectivity index (χ3v) is 4.34. The average Bonchev–Trinajstić information content (AvgIpc) is 2.74. The van der Waals surface area contributed by atoms with Crippen LogP contribution in [0.5, 0.6) is 0 Å². The van der Waals surface area contributed by atoms with Crippen LogP contribution in [0.3, 0.4) is 0 Å². The standard InChI is InChI=1S/C12H13Cl3N4O3S/c1-7(2)10-16-18(23-12(13,14)15)11(20)17(10)8-3-5-9(6-4-8)19(21)22/h3-7,10,16H,1-2H3. The van der Waals surface area contributed by atoms with Crippen LogP contribution in [0.4, 0.5) is 16.2 Å². The Morgan fingerprint density at radius 3 is 2.30 bits per heavy atom. The molecule has 1 heterocycles. The van der Waals surface area contributed by atoms with Crippen molar-refractivity contribution >= 4 is 64.2 Å². The lowest BCUT2D eigenvalue weighted by atomic mass is 10.1. The molecule has 1 unspecified atom stereocenters. The SMILES string of the molecule is CC(C)C1NN(SC(Cl)(Cl)Cl)C(=O)N1c1ccc([N+](=O)[O-])cc1. The number of alkyl halides is 3. The molecule has 0 aliphatic carbocycles. The molecule has 0 radical (unpaired) electrons. The van der Waals surface area contributed by atoms with Crippen molar-refractivity contribution in [2.24, 2.45) is 5.92 Å². The highest BCUT2D eigenvalue weighted by molar-refractivity contribution is 8.03. The van der Waals surface area contributed by atoms with E-state index in [9.17, 15) is 14.9 Å². The number of hydrazine groups is 1. The Morgan fingerprint density at radius 1 is 1.30 bits per heavy atom. The van der Waals surface area contributed by atoms with E-state index in [1.807, 2.05) is 13.8 Å². The van der Waals surface area contributed by atoms with Gasteiger partial charge in [0, 0.05) is 29.8 Å². The molecule has 1 aromatic rings. The van der Waals surface area contributed by atoms with E-state index in [1.165, 1.54) is 29.2 Å². The normalized spacial score (nSPS) is 18.9. The van der Waals surface area contributed by atoms with Gasteiger partial charge >= 0.3 is 6.03 Å². The fourth-order valence-electron chi connectivity index (χ4n) is 2.07. The fourth-order valence-corrected chi connectivity index (χ4v) is 3.23. The van der Waals surface area contributed by atoms with Gasteiger partial charge in [0.15, 0.2) is 0 Å². The molecule has 1 aromatic carbocycles. The molecule has 2 amide bonds. The second kappa shape index (κ2) is 6.90. The Labute approximate surface area is 152 Å². The summed E-state index contributed by atoms with van der Waals surface area (Å²) in [7, 11) is 0. The molecule has 7 nitrogen and oxygen atoms in total. The van der Waals surface area contributed by atoms with Gasteiger partial charge < -0.3 is 0 Å². The largest absolute Gasteiger partial charge is 0.350 e. The van der Waals surface area contributed by atoms with E-state index >= 15 is 0 Å². The van der Waals surface area contributed by atoms with Crippen LogP contribution >= 0.6 is 46.8 Å². The molecular weight excluding hydrogens is 387 g/mol. The van der Waals surface area contributed by atoms with Gasteiger partial charge in [0.05, 0.1) is 4.92 Å². The van der Waals surface area contributed by atoms with Gasteiger partial charge in [-0.25, -0.2) is 4.79 Å². The van der Waals surface area contributed by atoms with E-state index in [-0.39, 0.29) is 17.8 Å². The maximum atomic E-state index is 12.6. The van der Waals surface area contributed by atoms with Gasteiger partial charge in [-0.1, -0.05) is 48.7 Å². The smallest absolute Gasteiger partial charge is 0.275 e. The molecule has 1 aliphatic rings. The van der Waals surface area contributed by atoms with Crippen molar-refractivity contribution in [3.8, 4) is 0 Å². The van der Waals surface area contributed by atoms with Crippen molar-refractivity contribution in [1.29, 1.82) is 0 Å². The first-order valence-corrected chi connectivity index (χ1v) is 8.40. The van der Waals surface area contributed by atoms with Crippen LogP contribution in [-0.4, -0.2) is 24.7 Å². The van der Waals surface area contributed by atoms with E-state index < -0.39 is 14.1 Å². The number of halogens is 3. The Hall–Kier alpha value is -0.930. The number of anilines is 1. The van der Waals surface area contributed by atoms with Crippen molar-refractivity contribution in [3.63, 3.8) is 0 Å². The van der Waals surface area contributed by atoms with Crippen molar-refractivity contribution in [3.05, 3.63) is 34.4 Å². The minimum atomic E-state index is -1.70. The monoisotopic (exact) mass is 398 g/mol. The van der Waals surface area contributed by atoms with Crippen molar-refractivity contribution in [1.82, 2.24) is 9.84 Å². The molecule has 11 heteroatoms. The van der Waals surface area contributed by atoms with Gasteiger partial charge in [-0.15, -0.1) is 0 Å². The number of amides is 2. The topological polar surface area (TPSA) is 78.7 Å². The predicted octanol–water partition coefficient (Wildman–Crippen LogP) is 4.30. The zero-order valence-electron chi connectivity index (χ0n) is 12.1. The number of carbonyl (C=O) groups is 1. The van der Waals surface area contributed by atoms with Crippen molar-refractivity contribution in [2.75, 3.05) is 4.90 Å². The second-order valence-corrected chi connectivity index (χ2v) is 9.19. The number of nitro groups is 1. The third kappa shape index (κ3) is 4.33. The van der Waals surface area contributed by atoms with Crippen molar-refractivity contribution < 1.29 is 9.72 Å². The molecule has 0 bridgehead atoms. The van der Waals surface area contributed by atoms with E-state index in [4.69, 9.17) is 34.8 Å². The van der Waals surface area contributed by atoms with Crippen LogP contribution in [-0.2, 0) is 0 Å². The second-order valence-electron chi connectivity index (χ2n) is 5.08. The molecule has 1 aliphatic heterocycles. The first-order chi connectivity index (χ1) is 10.6. The summed E-state index contributed by atoms with van der Waals surface area (Å²) in [6, 6.07) is 5.27. The molecular formula is C12H13Cl3N4O3S. The first-order valence-electron chi connectivity index (χ1n) is 6.50. The molecule has 126 valence electrons. The molecule has 0 aromatic heterocycles. The molecule has 0 spiro atoms. The summed E-state index contributed by atoms with van der Waals surface area (Å²) < 4.78 is -0.547. The van der Waals surface area contributed by atoms with E-state index in [0.29, 0.717) is 5.69 Å². The Bertz CT molecular complexity index is 609. The van der Waals surface area contributed by atoms with Crippen LogP contribution < -0.4 is 10.3 Å². The Kier molecular flexibility index (Phi) is 5.52. The maximum Gasteiger partial charge on any atom is 0.350 e. The number of carbonyl (C=O) groups excluding carboxylic acids is 1. The highest BCUT2D eigenvalue weighted by atomic mass is 35.6. The summed E-state index contributed by atoms with van der Waals surface area (Å²) in [5.41, 5.74) is 3.43. The summed E-state index contributed by atoms with van der Waals surface area (Å²) in [6.45, 7) is 3.85. The molecule has 1 saturated heterocycles. The summed E-state index contributed by atoms with van der Waals surface area (Å²) in [5, 5.41) is 10.7. The average molecular weight is 400 g/mol. The highest BCUT2D eigenvalue weighted by Crippen LogP contribution is 2.43. The zero-order chi connectivity index (χ0) is 17.4. The Balaban J connectivity index is 2.30. The van der Waals surface area contributed by atoms with E-state index in [0.717, 1.165) is 16.4 Å². The van der Waals surface area contributed by atoms with Crippen LogP contribution in [0.1, 0.15) is 13.8 Å². The fraction of sp³-hybridized carbons (Fsp3) is 0.417. The molecule has 1 fully saturated rings. The van der Waals surface area contributed by atoms with Crippen LogP contribution in [0.2, 0.25) is 0 Å². The number of nitrogens with zero attached hydrogens (tertiary/aromatic N) is 3. The molecule has 1 atom stereocenters. The van der Waals surface area contributed by atoms with Gasteiger partial charge in [-0.05, 0) is 18.1 Å². The lowest BCUT2D eigenvalue weighted by Crippen LogP contribution is -2.41. The van der Waals surface area contributed by atoms with Crippen molar-refractivity contribution in [2.45, 2.75) is 23.1 Å². The molecule has 0 saturated carbocycles. The summed E-state index contributed by atoms with van der Waals surface area (Å²) in [4.78, 5) is 24.3. The van der Waals surface area contributed by atoms with Gasteiger partial charge in [-0.3, -0.25) is 15.0 Å². The quantitative estimate of drug-likeness (QED) is 0.353. The Morgan fingerprint density at radius 2 is 1.87 bits per heavy atom. The highest BCUT2D eigenvalue weighted by Gasteiger charge is 2.43. The van der Waals surface area contributed by atoms with E-state index in [1.54, 1.807) is 0 Å². The maximum absolute atomic E-state index is 12.6. The zero-order valence-corrected chi connectivity index (χ0v) is 15.2. The minimum Gasteiger partial charge on any atom is -0.275 e. The van der Waals surface area contributed by atoms with Crippen LogP contribution in [0.15, 0.2) is 24.3 Å². The van der Waals surface area contributed by atoms with Crippen LogP contribution in [0.25, 0.3) is 0 Å². The molecule has 1 N–H and O–H groups in total. The van der Waals surface area contributed by atoms with Gasteiger partial charge in [0.2, 0.25) is 0 Å². The number of hydrogen-bond donors (Lipinski definition) is 1. The number of hydrogen-bond acceptors (Lipinski definition) is 5. The van der Waals surface area contributed by atoms with Gasteiger partial charge in [0.25, 0.3) is 8.81 Å². The van der Waals surface area contributed by atoms with E-state index in [2.05, 4.69) is 5.43 Å². The lowest BCUT2D eigenvalue weighted by molar-refractivity contribution is -0.384. The number of nitrogens with one attached hydrogen (secondary N) is 1. The summed E-state index contributed by atoms with van der Waals surface area (Å²) in [6.07, 6.45) is -0.371. The van der Waals surface area contributed by atoms with Gasteiger partial charge in [-0.2, -0.15) is 9.84 Å². The van der Waals surface area contributed by atoms with Gasteiger partial charge in [0.1, 0.15) is 6.17 Å². The predicted molar refractivity (Wildman–Crippen MR) is 92.5 cm³/mol. The molecule has 2 rings (SSSR count). The third-order valence-electron chi connectivity index (χ3n) is 3.07.